The third kappa shape index (κ3) is 2.38. The number of anilines is 1. The number of hydrogen-bond donors (Lipinski definition) is 1. The first-order chi connectivity index (χ1) is 9.67. The number of hydrogen-bond acceptors (Lipinski definition) is 2. The van der Waals surface area contributed by atoms with Crippen LogP contribution in [0.5, 0.6) is 0 Å². The first-order valence-corrected chi connectivity index (χ1v) is 7.62. The molecule has 0 aliphatic rings. The largest absolute Gasteiger partial charge is 0.279 e. The summed E-state index contributed by atoms with van der Waals surface area (Å²) in [4.78, 5) is 0.226. The van der Waals surface area contributed by atoms with Crippen molar-refractivity contribution in [1.82, 2.24) is 0 Å². The topological polar surface area (TPSA) is 46.2 Å². The van der Waals surface area contributed by atoms with Gasteiger partial charge in [-0.3, -0.25) is 4.72 Å². The normalized spacial score (nSPS) is 11.4. The van der Waals surface area contributed by atoms with Crippen LogP contribution < -0.4 is 4.72 Å². The zero-order chi connectivity index (χ0) is 14.0. The van der Waals surface area contributed by atoms with Crippen molar-refractivity contribution in [2.24, 2.45) is 0 Å². The lowest BCUT2D eigenvalue weighted by molar-refractivity contribution is 0.601. The van der Waals surface area contributed by atoms with E-state index in [4.69, 9.17) is 0 Å². The number of fused-ring (bicyclic) bond motifs is 1. The van der Waals surface area contributed by atoms with Gasteiger partial charge >= 0.3 is 0 Å². The summed E-state index contributed by atoms with van der Waals surface area (Å²) in [5.74, 6) is 0. The van der Waals surface area contributed by atoms with Crippen LogP contribution in [0.4, 0.5) is 5.69 Å². The molecule has 0 saturated carbocycles. The highest BCUT2D eigenvalue weighted by Crippen LogP contribution is 2.25. The molecule has 0 aliphatic carbocycles. The minimum absolute atomic E-state index is 0.226. The van der Waals surface area contributed by atoms with Crippen molar-refractivity contribution in [3.63, 3.8) is 0 Å². The summed E-state index contributed by atoms with van der Waals surface area (Å²) in [6.07, 6.45) is 0. The Morgan fingerprint density at radius 3 is 2.35 bits per heavy atom. The molecular formula is C16H12NO2S. The molecule has 1 radical (unpaired) electrons. The highest BCUT2D eigenvalue weighted by atomic mass is 32.2. The maximum Gasteiger partial charge on any atom is 0.261 e. The van der Waals surface area contributed by atoms with Crippen molar-refractivity contribution < 1.29 is 8.42 Å². The molecule has 0 aromatic heterocycles. The minimum atomic E-state index is -3.57. The van der Waals surface area contributed by atoms with Gasteiger partial charge in [0.25, 0.3) is 10.0 Å². The summed E-state index contributed by atoms with van der Waals surface area (Å²) >= 11 is 0. The highest BCUT2D eigenvalue weighted by Gasteiger charge is 2.14. The second-order valence-corrected chi connectivity index (χ2v) is 6.05. The van der Waals surface area contributed by atoms with Crippen molar-refractivity contribution in [3.8, 4) is 0 Å². The zero-order valence-electron chi connectivity index (χ0n) is 10.6. The molecule has 0 amide bonds. The van der Waals surface area contributed by atoms with E-state index in [1.807, 2.05) is 36.4 Å². The summed E-state index contributed by atoms with van der Waals surface area (Å²) < 4.78 is 27.3. The fourth-order valence-electron chi connectivity index (χ4n) is 2.07. The summed E-state index contributed by atoms with van der Waals surface area (Å²) in [5, 5.41) is 1.87. The maximum atomic E-state index is 12.3. The van der Waals surface area contributed by atoms with E-state index < -0.39 is 10.0 Å². The number of sulfonamides is 1. The molecule has 0 spiro atoms. The summed E-state index contributed by atoms with van der Waals surface area (Å²) in [6, 6.07) is 22.2. The quantitative estimate of drug-likeness (QED) is 0.800. The fourth-order valence-corrected chi connectivity index (χ4v) is 3.15. The van der Waals surface area contributed by atoms with Gasteiger partial charge in [0.1, 0.15) is 0 Å². The molecule has 0 atom stereocenters. The Labute approximate surface area is 117 Å². The van der Waals surface area contributed by atoms with Gasteiger partial charge in [0.2, 0.25) is 0 Å². The molecular weight excluding hydrogens is 270 g/mol. The van der Waals surface area contributed by atoms with Crippen LogP contribution in [-0.2, 0) is 10.0 Å². The summed E-state index contributed by atoms with van der Waals surface area (Å²) in [5.41, 5.74) is 0.580. The Balaban J connectivity index is 2.06. The van der Waals surface area contributed by atoms with Crippen LogP contribution in [0.15, 0.2) is 71.6 Å². The van der Waals surface area contributed by atoms with E-state index in [0.29, 0.717) is 5.69 Å². The van der Waals surface area contributed by atoms with E-state index >= 15 is 0 Å². The van der Waals surface area contributed by atoms with E-state index in [-0.39, 0.29) is 4.90 Å². The van der Waals surface area contributed by atoms with Gasteiger partial charge in [-0.05, 0) is 29.7 Å². The highest BCUT2D eigenvalue weighted by molar-refractivity contribution is 7.92. The third-order valence-electron chi connectivity index (χ3n) is 3.03. The van der Waals surface area contributed by atoms with E-state index in [1.165, 1.54) is 12.1 Å². The third-order valence-corrected chi connectivity index (χ3v) is 4.41. The first kappa shape index (κ1) is 12.7. The van der Waals surface area contributed by atoms with Gasteiger partial charge in [-0.1, -0.05) is 48.5 Å². The first-order valence-electron chi connectivity index (χ1n) is 6.13. The van der Waals surface area contributed by atoms with Gasteiger partial charge in [0, 0.05) is 5.39 Å². The molecule has 3 rings (SSSR count). The lowest BCUT2D eigenvalue weighted by Crippen LogP contribution is -2.12. The van der Waals surface area contributed by atoms with Gasteiger partial charge in [0.05, 0.1) is 10.6 Å². The second-order valence-electron chi connectivity index (χ2n) is 4.37. The van der Waals surface area contributed by atoms with E-state index in [1.54, 1.807) is 18.2 Å². The van der Waals surface area contributed by atoms with Gasteiger partial charge in [-0.2, -0.15) is 0 Å². The van der Waals surface area contributed by atoms with Crippen LogP contribution >= 0.6 is 0 Å². The van der Waals surface area contributed by atoms with Crippen molar-refractivity contribution in [2.75, 3.05) is 4.72 Å². The van der Waals surface area contributed by atoms with Crippen molar-refractivity contribution in [1.29, 1.82) is 0 Å². The molecule has 3 aromatic carbocycles. The van der Waals surface area contributed by atoms with Crippen LogP contribution in [0.25, 0.3) is 10.8 Å². The molecule has 99 valence electrons. The predicted octanol–water partition coefficient (Wildman–Crippen LogP) is 3.44. The van der Waals surface area contributed by atoms with Gasteiger partial charge in [-0.25, -0.2) is 8.42 Å². The molecule has 0 bridgehead atoms. The number of benzene rings is 3. The second kappa shape index (κ2) is 4.98. The van der Waals surface area contributed by atoms with Gasteiger partial charge in [0.15, 0.2) is 0 Å². The monoisotopic (exact) mass is 282 g/mol. The average molecular weight is 282 g/mol. The number of nitrogens with one attached hydrogen (secondary N) is 1. The smallest absolute Gasteiger partial charge is 0.261 e. The average Bonchev–Trinajstić information content (AvgIpc) is 2.48. The summed E-state index contributed by atoms with van der Waals surface area (Å²) in [7, 11) is -3.57. The zero-order valence-corrected chi connectivity index (χ0v) is 11.4. The fraction of sp³-hybridized carbons (Fsp3) is 0. The molecule has 0 fully saturated rings. The lowest BCUT2D eigenvalue weighted by Gasteiger charge is -2.10. The lowest BCUT2D eigenvalue weighted by atomic mass is 10.1. The Hall–Kier alpha value is -2.33. The molecule has 3 aromatic rings. The van der Waals surface area contributed by atoms with E-state index in [0.717, 1.165) is 10.8 Å². The Morgan fingerprint density at radius 2 is 1.55 bits per heavy atom. The molecule has 0 heterocycles. The Kier molecular flexibility index (Phi) is 3.16. The summed E-state index contributed by atoms with van der Waals surface area (Å²) in [6.45, 7) is 0. The van der Waals surface area contributed by atoms with Crippen LogP contribution in [0.2, 0.25) is 0 Å². The molecule has 4 heteroatoms. The van der Waals surface area contributed by atoms with Crippen molar-refractivity contribution in [2.45, 2.75) is 4.90 Å². The predicted molar refractivity (Wildman–Crippen MR) is 80.0 cm³/mol. The van der Waals surface area contributed by atoms with Crippen LogP contribution in [0.1, 0.15) is 0 Å². The molecule has 0 saturated heterocycles. The Bertz CT molecular complexity index is 837. The number of rotatable bonds is 3. The maximum absolute atomic E-state index is 12.3. The van der Waals surface area contributed by atoms with Gasteiger partial charge in [-0.15, -0.1) is 0 Å². The van der Waals surface area contributed by atoms with E-state index in [2.05, 4.69) is 10.8 Å². The van der Waals surface area contributed by atoms with Crippen LogP contribution in [0.3, 0.4) is 0 Å². The SMILES string of the molecule is O=S(=O)(Nc1cccc2ccccc12)c1cc[c]cc1. The molecule has 20 heavy (non-hydrogen) atoms. The minimum Gasteiger partial charge on any atom is -0.279 e. The van der Waals surface area contributed by atoms with Crippen LogP contribution in [-0.4, -0.2) is 8.42 Å². The van der Waals surface area contributed by atoms with Crippen molar-refractivity contribution >= 4 is 26.5 Å². The van der Waals surface area contributed by atoms with E-state index in [9.17, 15) is 8.42 Å². The molecule has 1 N–H and O–H groups in total. The Morgan fingerprint density at radius 1 is 0.850 bits per heavy atom. The molecule has 0 unspecified atom stereocenters. The molecule has 3 nitrogen and oxygen atoms in total. The standard InChI is InChI=1S/C16H12NO2S/c18-20(19,14-9-2-1-3-10-14)17-16-12-6-8-13-7-4-5-11-15(13)16/h2-12,17H. The van der Waals surface area contributed by atoms with Crippen LogP contribution in [0, 0.1) is 6.07 Å². The molecule has 0 aliphatic heterocycles. The van der Waals surface area contributed by atoms with Crippen molar-refractivity contribution in [3.05, 3.63) is 72.8 Å². The van der Waals surface area contributed by atoms with Gasteiger partial charge < -0.3 is 0 Å².